The number of hydrogen-bond donors (Lipinski definition) is 1. The average molecular weight is 396 g/mol. The smallest absolute Gasteiger partial charge is 0.259 e. The molecule has 0 bridgehead atoms. The Hall–Kier alpha value is -3.07. The molecule has 0 saturated carbocycles. The molecule has 1 aliphatic heterocycles. The highest BCUT2D eigenvalue weighted by Gasteiger charge is 2.20. The molecule has 1 saturated heterocycles. The second kappa shape index (κ2) is 8.12. The zero-order valence-corrected chi connectivity index (χ0v) is 16.8. The van der Waals surface area contributed by atoms with Gasteiger partial charge in [-0.2, -0.15) is 10.1 Å². The molecule has 9 nitrogen and oxygen atoms in total. The van der Waals surface area contributed by atoms with Gasteiger partial charge in [0.15, 0.2) is 11.6 Å². The Kier molecular flexibility index (Phi) is 5.39. The van der Waals surface area contributed by atoms with Crippen molar-refractivity contribution in [2.75, 3.05) is 13.2 Å². The van der Waals surface area contributed by atoms with Crippen LogP contribution in [0.5, 0.6) is 0 Å². The molecule has 1 fully saturated rings. The van der Waals surface area contributed by atoms with Crippen LogP contribution in [0.3, 0.4) is 0 Å². The number of rotatable bonds is 6. The van der Waals surface area contributed by atoms with Gasteiger partial charge in [-0.3, -0.25) is 4.79 Å². The van der Waals surface area contributed by atoms with E-state index in [0.717, 1.165) is 30.7 Å². The summed E-state index contributed by atoms with van der Waals surface area (Å²) in [6.45, 7) is 7.13. The van der Waals surface area contributed by atoms with Gasteiger partial charge in [0.25, 0.3) is 11.8 Å². The van der Waals surface area contributed by atoms with E-state index in [-0.39, 0.29) is 17.9 Å². The predicted octanol–water partition coefficient (Wildman–Crippen LogP) is 2.66. The Bertz CT molecular complexity index is 986. The maximum atomic E-state index is 12.5. The predicted molar refractivity (Wildman–Crippen MR) is 105 cm³/mol. The molecule has 3 aromatic rings. The second-order valence-electron chi connectivity index (χ2n) is 7.42. The molecule has 3 aromatic heterocycles. The quantitative estimate of drug-likeness (QED) is 0.682. The van der Waals surface area contributed by atoms with Gasteiger partial charge in [-0.25, -0.2) is 9.67 Å². The van der Waals surface area contributed by atoms with Crippen LogP contribution in [0.15, 0.2) is 29.0 Å². The molecule has 0 aromatic carbocycles. The third-order valence-electron chi connectivity index (χ3n) is 4.94. The lowest BCUT2D eigenvalue weighted by Gasteiger charge is -2.10. The van der Waals surface area contributed by atoms with Crippen LogP contribution in [0.2, 0.25) is 0 Å². The van der Waals surface area contributed by atoms with E-state index in [1.54, 1.807) is 17.1 Å². The summed E-state index contributed by atoms with van der Waals surface area (Å²) in [7, 11) is 0. The summed E-state index contributed by atoms with van der Waals surface area (Å²) >= 11 is 0. The topological polar surface area (TPSA) is 108 Å². The van der Waals surface area contributed by atoms with Crippen LogP contribution in [0.1, 0.15) is 54.5 Å². The van der Waals surface area contributed by atoms with Gasteiger partial charge >= 0.3 is 0 Å². The maximum Gasteiger partial charge on any atom is 0.259 e. The summed E-state index contributed by atoms with van der Waals surface area (Å²) in [5.74, 6) is 1.72. The molecular formula is C20H24N6O3. The van der Waals surface area contributed by atoms with Crippen LogP contribution in [0, 0.1) is 6.92 Å². The van der Waals surface area contributed by atoms with E-state index in [1.807, 2.05) is 32.9 Å². The van der Waals surface area contributed by atoms with Gasteiger partial charge in [0, 0.05) is 25.3 Å². The molecule has 29 heavy (non-hydrogen) atoms. The minimum atomic E-state index is -0.159. The third kappa shape index (κ3) is 4.04. The standard InChI is InChI=1S/C20H24N6O3/c1-12(2)18-24-20(29-25-18)14-6-7-17(21-9-14)26-13(3)16(11-23-26)19(27)22-10-15-5-4-8-28-15/h6-7,9,11-12,15H,4-5,8,10H2,1-3H3,(H,22,27)/t15-/m0/s1. The number of carbonyl (C=O) groups excluding carboxylic acids is 1. The fourth-order valence-corrected chi connectivity index (χ4v) is 3.20. The van der Waals surface area contributed by atoms with Crippen molar-refractivity contribution in [1.82, 2.24) is 30.2 Å². The minimum Gasteiger partial charge on any atom is -0.376 e. The van der Waals surface area contributed by atoms with Crippen molar-refractivity contribution in [1.29, 1.82) is 0 Å². The zero-order chi connectivity index (χ0) is 20.4. The first-order valence-electron chi connectivity index (χ1n) is 9.77. The number of hydrogen-bond acceptors (Lipinski definition) is 7. The monoisotopic (exact) mass is 396 g/mol. The minimum absolute atomic E-state index is 0.101. The van der Waals surface area contributed by atoms with E-state index >= 15 is 0 Å². The molecule has 0 spiro atoms. The summed E-state index contributed by atoms with van der Waals surface area (Å²) in [4.78, 5) is 21.3. The van der Waals surface area contributed by atoms with Crippen molar-refractivity contribution in [3.8, 4) is 17.3 Å². The molecule has 4 rings (SSSR count). The van der Waals surface area contributed by atoms with Gasteiger partial charge in [-0.15, -0.1) is 0 Å². The van der Waals surface area contributed by atoms with E-state index < -0.39 is 0 Å². The average Bonchev–Trinajstić information content (AvgIpc) is 3.47. The Labute approximate surface area is 168 Å². The number of nitrogens with zero attached hydrogens (tertiary/aromatic N) is 5. The first kappa shape index (κ1) is 19.3. The van der Waals surface area contributed by atoms with E-state index in [4.69, 9.17) is 9.26 Å². The van der Waals surface area contributed by atoms with Crippen LogP contribution in [0.25, 0.3) is 17.3 Å². The van der Waals surface area contributed by atoms with E-state index in [0.29, 0.717) is 29.6 Å². The fraction of sp³-hybridized carbons (Fsp3) is 0.450. The van der Waals surface area contributed by atoms with Crippen LogP contribution in [-0.4, -0.2) is 50.1 Å². The van der Waals surface area contributed by atoms with E-state index in [1.165, 1.54) is 0 Å². The number of carbonyl (C=O) groups is 1. The number of nitrogens with one attached hydrogen (secondary N) is 1. The lowest BCUT2D eigenvalue weighted by Crippen LogP contribution is -2.32. The summed E-state index contributed by atoms with van der Waals surface area (Å²) in [5, 5.41) is 11.2. The van der Waals surface area contributed by atoms with Crippen molar-refractivity contribution < 1.29 is 14.1 Å². The lowest BCUT2D eigenvalue weighted by molar-refractivity contribution is 0.0857. The SMILES string of the molecule is Cc1c(C(=O)NC[C@@H]2CCCO2)cnn1-c1ccc(-c2nc(C(C)C)no2)cn1. The van der Waals surface area contributed by atoms with Crippen LogP contribution < -0.4 is 5.32 Å². The Morgan fingerprint density at radius 3 is 2.86 bits per heavy atom. The van der Waals surface area contributed by atoms with Gasteiger partial charge in [0.1, 0.15) is 0 Å². The Morgan fingerprint density at radius 1 is 1.34 bits per heavy atom. The molecule has 1 amide bonds. The first-order chi connectivity index (χ1) is 14.0. The third-order valence-corrected chi connectivity index (χ3v) is 4.94. The fourth-order valence-electron chi connectivity index (χ4n) is 3.20. The van der Waals surface area contributed by atoms with Gasteiger partial charge in [0.05, 0.1) is 29.1 Å². The van der Waals surface area contributed by atoms with Gasteiger partial charge in [0.2, 0.25) is 0 Å². The highest BCUT2D eigenvalue weighted by atomic mass is 16.5. The summed E-state index contributed by atoms with van der Waals surface area (Å²) in [6, 6.07) is 3.65. The molecule has 4 heterocycles. The van der Waals surface area contributed by atoms with Crippen molar-refractivity contribution in [2.45, 2.75) is 45.6 Å². The highest BCUT2D eigenvalue weighted by Crippen LogP contribution is 2.21. The lowest BCUT2D eigenvalue weighted by atomic mass is 10.2. The normalized spacial score (nSPS) is 16.5. The zero-order valence-electron chi connectivity index (χ0n) is 16.8. The second-order valence-corrected chi connectivity index (χ2v) is 7.42. The summed E-state index contributed by atoms with van der Waals surface area (Å²) in [6.07, 6.45) is 5.34. The van der Waals surface area contributed by atoms with Crippen molar-refractivity contribution in [3.63, 3.8) is 0 Å². The Balaban J connectivity index is 1.47. The van der Waals surface area contributed by atoms with E-state index in [9.17, 15) is 4.79 Å². The number of aromatic nitrogens is 5. The van der Waals surface area contributed by atoms with Crippen molar-refractivity contribution in [3.05, 3.63) is 41.6 Å². The molecule has 152 valence electrons. The van der Waals surface area contributed by atoms with E-state index in [2.05, 4.69) is 25.5 Å². The van der Waals surface area contributed by atoms with Gasteiger partial charge < -0.3 is 14.6 Å². The van der Waals surface area contributed by atoms with Crippen LogP contribution in [0.4, 0.5) is 0 Å². The molecule has 1 N–H and O–H groups in total. The number of amides is 1. The maximum absolute atomic E-state index is 12.5. The molecule has 1 aliphatic rings. The summed E-state index contributed by atoms with van der Waals surface area (Å²) in [5.41, 5.74) is 1.97. The van der Waals surface area contributed by atoms with Crippen molar-refractivity contribution >= 4 is 5.91 Å². The molecule has 1 atom stereocenters. The molecule has 0 radical (unpaired) electrons. The van der Waals surface area contributed by atoms with Gasteiger partial charge in [-0.1, -0.05) is 19.0 Å². The Morgan fingerprint density at radius 2 is 2.21 bits per heavy atom. The summed E-state index contributed by atoms with van der Waals surface area (Å²) < 4.78 is 12.5. The number of ether oxygens (including phenoxy) is 1. The molecule has 0 aliphatic carbocycles. The van der Waals surface area contributed by atoms with Gasteiger partial charge in [-0.05, 0) is 31.9 Å². The largest absolute Gasteiger partial charge is 0.376 e. The highest BCUT2D eigenvalue weighted by molar-refractivity contribution is 5.95. The van der Waals surface area contributed by atoms with Crippen molar-refractivity contribution in [2.24, 2.45) is 0 Å². The molecule has 9 heteroatoms. The van der Waals surface area contributed by atoms with Crippen LogP contribution >= 0.6 is 0 Å². The van der Waals surface area contributed by atoms with Crippen LogP contribution in [-0.2, 0) is 4.74 Å². The molecular weight excluding hydrogens is 372 g/mol. The molecule has 0 unspecified atom stereocenters. The number of pyridine rings is 1. The first-order valence-corrected chi connectivity index (χ1v) is 9.77.